The Morgan fingerprint density at radius 2 is 2.09 bits per heavy atom. The van der Waals surface area contributed by atoms with Crippen molar-refractivity contribution >= 4 is 11.6 Å². The zero-order chi connectivity index (χ0) is 16.5. The number of hydrogen-bond acceptors (Lipinski definition) is 4. The molecule has 1 N–H and O–H groups in total. The second-order valence-corrected chi connectivity index (χ2v) is 5.37. The summed E-state index contributed by atoms with van der Waals surface area (Å²) in [5.41, 5.74) is 0.0682. The predicted molar refractivity (Wildman–Crippen MR) is 85.3 cm³/mol. The number of benzene rings is 1. The average Bonchev–Trinajstić information content (AvgIpc) is 2.50. The maximum atomic E-state index is 12.1. The van der Waals surface area contributed by atoms with Gasteiger partial charge >= 0.3 is 5.69 Å². The van der Waals surface area contributed by atoms with Crippen LogP contribution < -0.4 is 10.1 Å². The number of carbonyl (C=O) groups is 1. The summed E-state index contributed by atoms with van der Waals surface area (Å²) in [7, 11) is 1.36. The van der Waals surface area contributed by atoms with E-state index in [-0.39, 0.29) is 28.9 Å². The quantitative estimate of drug-likeness (QED) is 0.428. The minimum atomic E-state index is -0.552. The summed E-state index contributed by atoms with van der Waals surface area (Å²) in [5.74, 6) is -0.150. The molecule has 0 saturated heterocycles. The van der Waals surface area contributed by atoms with Gasteiger partial charge in [-0.2, -0.15) is 0 Å². The highest BCUT2D eigenvalue weighted by atomic mass is 16.6. The second kappa shape index (κ2) is 9.02. The smallest absolute Gasteiger partial charge is 0.311 e. The maximum Gasteiger partial charge on any atom is 0.311 e. The van der Waals surface area contributed by atoms with Crippen molar-refractivity contribution in [2.45, 2.75) is 52.0 Å². The van der Waals surface area contributed by atoms with Crippen molar-refractivity contribution in [3.05, 3.63) is 33.9 Å². The SMILES string of the molecule is CCCCCC[C@@H](C)NC(=O)c1ccc(OC)c([N+](=O)[O-])c1. The second-order valence-electron chi connectivity index (χ2n) is 5.37. The summed E-state index contributed by atoms with van der Waals surface area (Å²) >= 11 is 0. The number of hydrogen-bond donors (Lipinski definition) is 1. The molecule has 1 rings (SSSR count). The number of carbonyl (C=O) groups excluding carboxylic acids is 1. The van der Waals surface area contributed by atoms with Gasteiger partial charge in [-0.3, -0.25) is 14.9 Å². The Labute approximate surface area is 131 Å². The van der Waals surface area contributed by atoms with Crippen molar-refractivity contribution in [3.63, 3.8) is 0 Å². The number of rotatable bonds is 9. The maximum absolute atomic E-state index is 12.1. The number of unbranched alkanes of at least 4 members (excludes halogenated alkanes) is 3. The van der Waals surface area contributed by atoms with Crippen LogP contribution in [0.15, 0.2) is 18.2 Å². The molecular weight excluding hydrogens is 284 g/mol. The first-order valence-corrected chi connectivity index (χ1v) is 7.62. The molecule has 1 aromatic rings. The van der Waals surface area contributed by atoms with E-state index in [0.29, 0.717) is 0 Å². The summed E-state index contributed by atoms with van der Waals surface area (Å²) in [6.45, 7) is 4.10. The first-order valence-electron chi connectivity index (χ1n) is 7.62. The fourth-order valence-corrected chi connectivity index (χ4v) is 2.23. The van der Waals surface area contributed by atoms with Gasteiger partial charge in [-0.15, -0.1) is 0 Å². The molecule has 0 aromatic heterocycles. The largest absolute Gasteiger partial charge is 0.490 e. The van der Waals surface area contributed by atoms with E-state index in [2.05, 4.69) is 12.2 Å². The normalized spacial score (nSPS) is 11.8. The summed E-state index contributed by atoms with van der Waals surface area (Å²) in [4.78, 5) is 22.6. The molecule has 0 spiro atoms. The fraction of sp³-hybridized carbons (Fsp3) is 0.562. The van der Waals surface area contributed by atoms with Crippen LogP contribution in [0.4, 0.5) is 5.69 Å². The van der Waals surface area contributed by atoms with E-state index in [4.69, 9.17) is 4.74 Å². The van der Waals surface area contributed by atoms with E-state index in [1.165, 1.54) is 38.2 Å². The molecule has 122 valence electrons. The van der Waals surface area contributed by atoms with Crippen LogP contribution in [0, 0.1) is 10.1 Å². The van der Waals surface area contributed by atoms with Crippen LogP contribution in [-0.2, 0) is 0 Å². The van der Waals surface area contributed by atoms with Gasteiger partial charge in [0.05, 0.1) is 12.0 Å². The molecule has 1 amide bonds. The topological polar surface area (TPSA) is 81.5 Å². The molecule has 0 heterocycles. The molecule has 6 nitrogen and oxygen atoms in total. The third-order valence-electron chi connectivity index (χ3n) is 3.51. The van der Waals surface area contributed by atoms with Crippen molar-refractivity contribution < 1.29 is 14.5 Å². The lowest BCUT2D eigenvalue weighted by atomic mass is 10.1. The molecule has 0 fully saturated rings. The summed E-state index contributed by atoms with van der Waals surface area (Å²) in [6.07, 6.45) is 5.51. The summed E-state index contributed by atoms with van der Waals surface area (Å²) in [5, 5.41) is 13.8. The van der Waals surface area contributed by atoms with E-state index >= 15 is 0 Å². The molecule has 0 bridgehead atoms. The van der Waals surface area contributed by atoms with Crippen LogP contribution in [0.1, 0.15) is 56.3 Å². The Morgan fingerprint density at radius 1 is 1.36 bits per heavy atom. The van der Waals surface area contributed by atoms with Gasteiger partial charge in [0.15, 0.2) is 5.75 Å². The lowest BCUT2D eigenvalue weighted by molar-refractivity contribution is -0.385. The Kier molecular flexibility index (Phi) is 7.36. The summed E-state index contributed by atoms with van der Waals surface area (Å²) < 4.78 is 4.93. The highest BCUT2D eigenvalue weighted by molar-refractivity contribution is 5.95. The molecule has 0 unspecified atom stereocenters. The Balaban J connectivity index is 2.65. The number of nitrogens with one attached hydrogen (secondary N) is 1. The van der Waals surface area contributed by atoms with Gasteiger partial charge in [0.2, 0.25) is 0 Å². The minimum absolute atomic E-state index is 0.0468. The first kappa shape index (κ1) is 17.9. The molecule has 0 aliphatic carbocycles. The van der Waals surface area contributed by atoms with Gasteiger partial charge in [0.1, 0.15) is 0 Å². The van der Waals surface area contributed by atoms with E-state index in [9.17, 15) is 14.9 Å². The monoisotopic (exact) mass is 308 g/mol. The third-order valence-corrected chi connectivity index (χ3v) is 3.51. The Morgan fingerprint density at radius 3 is 2.68 bits per heavy atom. The van der Waals surface area contributed by atoms with Crippen LogP contribution in [0.2, 0.25) is 0 Å². The molecule has 0 saturated carbocycles. The van der Waals surface area contributed by atoms with Crippen LogP contribution in [0.5, 0.6) is 5.75 Å². The van der Waals surface area contributed by atoms with Crippen molar-refractivity contribution in [1.82, 2.24) is 5.32 Å². The highest BCUT2D eigenvalue weighted by Crippen LogP contribution is 2.27. The average molecular weight is 308 g/mol. The van der Waals surface area contributed by atoms with Gasteiger partial charge < -0.3 is 10.1 Å². The molecule has 1 aromatic carbocycles. The van der Waals surface area contributed by atoms with Gasteiger partial charge in [-0.1, -0.05) is 32.6 Å². The van der Waals surface area contributed by atoms with E-state index in [1.807, 2.05) is 6.92 Å². The van der Waals surface area contributed by atoms with Gasteiger partial charge in [0, 0.05) is 17.7 Å². The van der Waals surface area contributed by atoms with Gasteiger partial charge in [-0.25, -0.2) is 0 Å². The number of ether oxygens (including phenoxy) is 1. The van der Waals surface area contributed by atoms with Crippen LogP contribution in [0.25, 0.3) is 0 Å². The van der Waals surface area contributed by atoms with Gasteiger partial charge in [0.25, 0.3) is 5.91 Å². The van der Waals surface area contributed by atoms with E-state index < -0.39 is 4.92 Å². The number of amides is 1. The Bertz CT molecular complexity index is 517. The van der Waals surface area contributed by atoms with E-state index in [0.717, 1.165) is 19.3 Å². The first-order chi connectivity index (χ1) is 10.5. The molecule has 0 radical (unpaired) electrons. The Hall–Kier alpha value is -2.11. The minimum Gasteiger partial charge on any atom is -0.490 e. The molecule has 0 aliphatic heterocycles. The van der Waals surface area contributed by atoms with Crippen molar-refractivity contribution in [3.8, 4) is 5.75 Å². The van der Waals surface area contributed by atoms with Crippen molar-refractivity contribution in [2.75, 3.05) is 7.11 Å². The molecule has 22 heavy (non-hydrogen) atoms. The van der Waals surface area contributed by atoms with E-state index in [1.54, 1.807) is 0 Å². The fourth-order valence-electron chi connectivity index (χ4n) is 2.23. The lowest BCUT2D eigenvalue weighted by Gasteiger charge is -2.14. The van der Waals surface area contributed by atoms with Crippen molar-refractivity contribution in [1.29, 1.82) is 0 Å². The number of methoxy groups -OCH3 is 1. The molecule has 1 atom stereocenters. The molecular formula is C16H24N2O4. The third kappa shape index (κ3) is 5.35. The van der Waals surface area contributed by atoms with Crippen LogP contribution in [-0.4, -0.2) is 24.0 Å². The van der Waals surface area contributed by atoms with Crippen LogP contribution in [0.3, 0.4) is 0 Å². The zero-order valence-corrected chi connectivity index (χ0v) is 13.4. The predicted octanol–water partition coefficient (Wildman–Crippen LogP) is 3.69. The van der Waals surface area contributed by atoms with Gasteiger partial charge in [-0.05, 0) is 25.5 Å². The molecule has 0 aliphatic rings. The summed E-state index contributed by atoms with van der Waals surface area (Å²) in [6, 6.07) is 4.27. The zero-order valence-electron chi connectivity index (χ0n) is 13.4. The van der Waals surface area contributed by atoms with Crippen molar-refractivity contribution in [2.24, 2.45) is 0 Å². The van der Waals surface area contributed by atoms with Crippen LogP contribution >= 0.6 is 0 Å². The standard InChI is InChI=1S/C16H24N2O4/c1-4-5-6-7-8-12(2)17-16(19)13-9-10-15(22-3)14(11-13)18(20)21/h9-12H,4-8H2,1-3H3,(H,17,19)/t12-/m1/s1. The lowest BCUT2D eigenvalue weighted by Crippen LogP contribution is -2.32. The molecule has 6 heteroatoms. The number of nitro benzene ring substituents is 1. The highest BCUT2D eigenvalue weighted by Gasteiger charge is 2.18. The number of nitro groups is 1. The number of nitrogens with zero attached hydrogens (tertiary/aromatic N) is 1.